The average molecular weight is 321 g/mol. The van der Waals surface area contributed by atoms with Gasteiger partial charge >= 0.3 is 0 Å². The first kappa shape index (κ1) is 15.5. The lowest BCUT2D eigenvalue weighted by Gasteiger charge is -2.60. The van der Waals surface area contributed by atoms with Gasteiger partial charge in [0.1, 0.15) is 5.83 Å². The molecule has 4 aliphatic rings. The Labute approximate surface area is 137 Å². The van der Waals surface area contributed by atoms with Crippen LogP contribution in [-0.4, -0.2) is 16.3 Å². The summed E-state index contributed by atoms with van der Waals surface area (Å²) in [5, 5.41) is 20.8. The molecule has 4 aliphatic carbocycles. The molecule has 2 saturated carbocycles. The molecule has 4 rings (SSSR count). The largest absolute Gasteiger partial charge is 0.513 e. The van der Waals surface area contributed by atoms with E-state index in [4.69, 9.17) is 5.73 Å². The predicted octanol–water partition coefficient (Wildman–Crippen LogP) is 3.80. The van der Waals surface area contributed by atoms with Gasteiger partial charge in [-0.15, -0.1) is 0 Å². The third-order valence-electron chi connectivity index (χ3n) is 7.98. The molecule has 7 atom stereocenters. The van der Waals surface area contributed by atoms with Crippen molar-refractivity contribution in [1.82, 2.24) is 0 Å². The minimum absolute atomic E-state index is 0.102. The molecule has 0 heterocycles. The molecule has 0 bridgehead atoms. The molecule has 0 aromatic rings. The van der Waals surface area contributed by atoms with Gasteiger partial charge < -0.3 is 15.9 Å². The molecule has 0 amide bonds. The minimum atomic E-state index is -0.427. The van der Waals surface area contributed by atoms with E-state index < -0.39 is 6.10 Å². The van der Waals surface area contributed by atoms with Crippen LogP contribution in [0.2, 0.25) is 0 Å². The lowest BCUT2D eigenvalue weighted by molar-refractivity contribution is -0.139. The molecule has 0 aromatic heterocycles. The summed E-state index contributed by atoms with van der Waals surface area (Å²) >= 11 is 0. The summed E-state index contributed by atoms with van der Waals surface area (Å²) in [4.78, 5) is 0. The Hall–Kier alpha value is -1.03. The van der Waals surface area contributed by atoms with Crippen LogP contribution in [0.5, 0.6) is 0 Å². The van der Waals surface area contributed by atoms with Crippen molar-refractivity contribution in [3.05, 3.63) is 23.4 Å². The Morgan fingerprint density at radius 3 is 2.74 bits per heavy atom. The number of fused-ring (bicyclic) bond motifs is 5. The van der Waals surface area contributed by atoms with E-state index in [1.807, 2.05) is 6.08 Å². The third-order valence-corrected chi connectivity index (χ3v) is 7.98. The average Bonchev–Trinajstić information content (AvgIpc) is 2.73. The molecular weight excluding hydrogens is 293 g/mol. The standard InChI is InChI=1S/C19H28FNO2/c1-18-5-3-11(22)7-10(18)8-15(23)16-12(18)4-6-19(2)13(16)9-14(20)17(19)21/h7,10,12-13,15-16,22-23H,3-6,8-9,21H2,1-2H3/t10?,12-,13-,15-,16+,18-,19-/m0/s1. The molecule has 0 aromatic carbocycles. The summed E-state index contributed by atoms with van der Waals surface area (Å²) in [5.41, 5.74) is 6.34. The molecule has 0 radical (unpaired) electrons. The van der Waals surface area contributed by atoms with Crippen molar-refractivity contribution in [3.8, 4) is 0 Å². The molecule has 4 N–H and O–H groups in total. The highest BCUT2D eigenvalue weighted by atomic mass is 19.1. The van der Waals surface area contributed by atoms with Crippen LogP contribution in [0.15, 0.2) is 23.4 Å². The van der Waals surface area contributed by atoms with E-state index in [1.165, 1.54) is 0 Å². The lowest BCUT2D eigenvalue weighted by Crippen LogP contribution is -2.57. The minimum Gasteiger partial charge on any atom is -0.513 e. The van der Waals surface area contributed by atoms with E-state index in [2.05, 4.69) is 13.8 Å². The third kappa shape index (κ3) is 1.90. The number of halogens is 1. The van der Waals surface area contributed by atoms with E-state index in [1.54, 1.807) is 0 Å². The zero-order valence-electron chi connectivity index (χ0n) is 14.1. The van der Waals surface area contributed by atoms with Crippen LogP contribution in [0.3, 0.4) is 0 Å². The second-order valence-corrected chi connectivity index (χ2v) is 8.84. The predicted molar refractivity (Wildman–Crippen MR) is 86.9 cm³/mol. The van der Waals surface area contributed by atoms with E-state index in [9.17, 15) is 14.6 Å². The van der Waals surface area contributed by atoms with Crippen LogP contribution >= 0.6 is 0 Å². The van der Waals surface area contributed by atoms with Crippen molar-refractivity contribution in [3.63, 3.8) is 0 Å². The van der Waals surface area contributed by atoms with Crippen LogP contribution in [0.1, 0.15) is 52.4 Å². The molecule has 1 unspecified atom stereocenters. The number of aliphatic hydroxyl groups excluding tert-OH is 2. The van der Waals surface area contributed by atoms with E-state index in [-0.39, 0.29) is 34.4 Å². The molecular formula is C19H28FNO2. The van der Waals surface area contributed by atoms with Crippen molar-refractivity contribution in [1.29, 1.82) is 0 Å². The lowest BCUT2D eigenvalue weighted by atomic mass is 9.45. The number of allylic oxidation sites excluding steroid dienone is 4. The van der Waals surface area contributed by atoms with Crippen molar-refractivity contribution < 1.29 is 14.6 Å². The van der Waals surface area contributed by atoms with Crippen LogP contribution in [0, 0.1) is 34.5 Å². The highest BCUT2D eigenvalue weighted by Gasteiger charge is 2.61. The fourth-order valence-corrected chi connectivity index (χ4v) is 6.46. The van der Waals surface area contributed by atoms with Gasteiger partial charge in [0.25, 0.3) is 0 Å². The number of rotatable bonds is 0. The molecule has 2 fully saturated rings. The molecule has 3 nitrogen and oxygen atoms in total. The van der Waals surface area contributed by atoms with Crippen LogP contribution in [0.25, 0.3) is 0 Å². The van der Waals surface area contributed by atoms with Crippen LogP contribution in [-0.2, 0) is 0 Å². The Balaban J connectivity index is 1.72. The van der Waals surface area contributed by atoms with Gasteiger partial charge in [-0.05, 0) is 60.8 Å². The zero-order valence-corrected chi connectivity index (χ0v) is 14.1. The zero-order chi connectivity index (χ0) is 16.6. The highest BCUT2D eigenvalue weighted by molar-refractivity contribution is 5.27. The van der Waals surface area contributed by atoms with Gasteiger partial charge in [-0.25, -0.2) is 4.39 Å². The van der Waals surface area contributed by atoms with E-state index in [0.717, 1.165) is 25.7 Å². The SMILES string of the molecule is C[C@]12CCC(O)=CC1C[C@H](O)[C@@H]1[C@@H]2CC[C@]2(C)C(N)=C(F)C[C@@H]12. The van der Waals surface area contributed by atoms with Gasteiger partial charge in [0.05, 0.1) is 11.9 Å². The first-order valence-corrected chi connectivity index (χ1v) is 8.99. The maximum absolute atomic E-state index is 14.3. The van der Waals surface area contributed by atoms with Crippen LogP contribution < -0.4 is 5.73 Å². The van der Waals surface area contributed by atoms with Crippen molar-refractivity contribution in [2.45, 2.75) is 58.5 Å². The Bertz CT molecular complexity index is 600. The van der Waals surface area contributed by atoms with Gasteiger partial charge in [0, 0.05) is 24.0 Å². The molecule has 23 heavy (non-hydrogen) atoms. The van der Waals surface area contributed by atoms with Gasteiger partial charge in [-0.2, -0.15) is 0 Å². The van der Waals surface area contributed by atoms with Gasteiger partial charge in [-0.3, -0.25) is 0 Å². The smallest absolute Gasteiger partial charge is 0.119 e. The number of nitrogens with two attached hydrogens (primary N) is 1. The summed E-state index contributed by atoms with van der Waals surface area (Å²) in [5.74, 6) is 1.17. The van der Waals surface area contributed by atoms with Gasteiger partial charge in [-0.1, -0.05) is 13.8 Å². The topological polar surface area (TPSA) is 66.5 Å². The summed E-state index contributed by atoms with van der Waals surface area (Å²) in [6.07, 6.45) is 6.19. The second kappa shape index (κ2) is 4.75. The summed E-state index contributed by atoms with van der Waals surface area (Å²) in [7, 11) is 0. The van der Waals surface area contributed by atoms with Crippen molar-refractivity contribution in [2.24, 2.45) is 40.2 Å². The summed E-state index contributed by atoms with van der Waals surface area (Å²) in [6.45, 7) is 4.40. The molecule has 0 saturated heterocycles. The van der Waals surface area contributed by atoms with Gasteiger partial charge in [0.15, 0.2) is 0 Å². The Morgan fingerprint density at radius 2 is 2.00 bits per heavy atom. The molecule has 0 spiro atoms. The number of aliphatic hydroxyl groups is 2. The summed E-state index contributed by atoms with van der Waals surface area (Å²) in [6, 6.07) is 0. The van der Waals surface area contributed by atoms with E-state index in [0.29, 0.717) is 30.2 Å². The van der Waals surface area contributed by atoms with Crippen molar-refractivity contribution in [2.75, 3.05) is 0 Å². The number of hydrogen-bond acceptors (Lipinski definition) is 3. The second-order valence-electron chi connectivity index (χ2n) is 8.84. The fourth-order valence-electron chi connectivity index (χ4n) is 6.46. The molecule has 0 aliphatic heterocycles. The number of hydrogen-bond donors (Lipinski definition) is 3. The first-order valence-electron chi connectivity index (χ1n) is 8.99. The normalized spacial score (nSPS) is 52.5. The monoisotopic (exact) mass is 321 g/mol. The van der Waals surface area contributed by atoms with Crippen LogP contribution in [0.4, 0.5) is 4.39 Å². The van der Waals surface area contributed by atoms with Crippen molar-refractivity contribution >= 4 is 0 Å². The first-order chi connectivity index (χ1) is 10.8. The maximum Gasteiger partial charge on any atom is 0.119 e. The summed E-state index contributed by atoms with van der Waals surface area (Å²) < 4.78 is 14.3. The van der Waals surface area contributed by atoms with Gasteiger partial charge in [0.2, 0.25) is 0 Å². The quantitative estimate of drug-likeness (QED) is 0.636. The highest BCUT2D eigenvalue weighted by Crippen LogP contribution is 2.66. The fraction of sp³-hybridized carbons (Fsp3) is 0.789. The maximum atomic E-state index is 14.3. The van der Waals surface area contributed by atoms with E-state index >= 15 is 0 Å². The molecule has 4 heteroatoms. The Kier molecular flexibility index (Phi) is 3.20. The Morgan fingerprint density at radius 1 is 1.26 bits per heavy atom. The molecule has 128 valence electrons.